The van der Waals surface area contributed by atoms with E-state index in [9.17, 15) is 0 Å². The predicted octanol–water partition coefficient (Wildman–Crippen LogP) is 11.4. The van der Waals surface area contributed by atoms with Gasteiger partial charge < -0.3 is 4.57 Å². The first-order valence-corrected chi connectivity index (χ1v) is 17.1. The maximum atomic E-state index is 5.05. The van der Waals surface area contributed by atoms with Crippen LogP contribution in [0.15, 0.2) is 176 Å². The summed E-state index contributed by atoms with van der Waals surface area (Å²) in [6.45, 7) is 6.51. The molecular weight excluding hydrogens is 623 g/mol. The molecule has 6 aromatic carbocycles. The zero-order chi connectivity index (χ0) is 34.3. The van der Waals surface area contributed by atoms with Gasteiger partial charge in [-0.15, -0.1) is 0 Å². The third-order valence-corrected chi connectivity index (χ3v) is 9.52. The molecule has 3 aromatic heterocycles. The van der Waals surface area contributed by atoms with Gasteiger partial charge in [-0.2, -0.15) is 9.97 Å². The Kier molecular flexibility index (Phi) is 7.44. The van der Waals surface area contributed by atoms with E-state index in [1.54, 1.807) is 0 Å². The van der Waals surface area contributed by atoms with E-state index in [2.05, 4.69) is 156 Å². The molecule has 0 fully saturated rings. The van der Waals surface area contributed by atoms with Crippen molar-refractivity contribution in [1.29, 1.82) is 0 Å². The van der Waals surface area contributed by atoms with Crippen molar-refractivity contribution in [3.63, 3.8) is 0 Å². The molecule has 0 atom stereocenters. The van der Waals surface area contributed by atoms with Crippen LogP contribution in [0.1, 0.15) is 18.3 Å². The van der Waals surface area contributed by atoms with Crippen LogP contribution in [0, 0.1) is 0 Å². The largest absolute Gasteiger partial charge is 0.309 e. The van der Waals surface area contributed by atoms with Gasteiger partial charge in [0.25, 0.3) is 0 Å². The van der Waals surface area contributed by atoms with Gasteiger partial charge >= 0.3 is 0 Å². The zero-order valence-electron chi connectivity index (χ0n) is 28.1. The lowest BCUT2D eigenvalue weighted by atomic mass is 10.0. The topological polar surface area (TPSA) is 48.5 Å². The van der Waals surface area contributed by atoms with Crippen molar-refractivity contribution in [2.75, 3.05) is 0 Å². The Bertz CT molecular complexity index is 2730. The molecule has 5 nitrogen and oxygen atoms in total. The maximum absolute atomic E-state index is 5.05. The van der Waals surface area contributed by atoms with Crippen LogP contribution in [0.5, 0.6) is 0 Å². The number of benzene rings is 6. The van der Waals surface area contributed by atoms with Crippen LogP contribution in [0.4, 0.5) is 0 Å². The Morgan fingerprint density at radius 3 is 1.63 bits per heavy atom. The van der Waals surface area contributed by atoms with Crippen LogP contribution in [0.3, 0.4) is 0 Å². The molecule has 0 aliphatic rings. The molecule has 0 amide bonds. The summed E-state index contributed by atoms with van der Waals surface area (Å²) in [6.07, 6.45) is 6.22. The highest BCUT2D eigenvalue weighted by molar-refractivity contribution is 6.10. The predicted molar refractivity (Wildman–Crippen MR) is 212 cm³/mol. The minimum atomic E-state index is 0.520. The summed E-state index contributed by atoms with van der Waals surface area (Å²) in [5, 5.41) is 4.79. The molecule has 242 valence electrons. The number of hydrogen-bond acceptors (Lipinski definition) is 3. The molecule has 0 unspecified atom stereocenters. The van der Waals surface area contributed by atoms with Gasteiger partial charge in [0.15, 0.2) is 11.6 Å². The van der Waals surface area contributed by atoms with Crippen molar-refractivity contribution >= 4 is 54.8 Å². The number of aromatic nitrogens is 5. The fourth-order valence-electron chi connectivity index (χ4n) is 7.11. The number of allylic oxidation sites excluding steroid dienone is 5. The normalized spacial score (nSPS) is 12.1. The number of para-hydroxylation sites is 4. The van der Waals surface area contributed by atoms with Crippen molar-refractivity contribution in [1.82, 2.24) is 24.1 Å². The highest BCUT2D eigenvalue weighted by atomic mass is 15.2. The summed E-state index contributed by atoms with van der Waals surface area (Å²) < 4.78 is 4.47. The standard InChI is InChI=1S/C46H33N5/c1-3-32(34-18-15-19-35(30-34)50-40-24-11-7-20-36(40)37-21-8-12-25-41(37)50)29-28-31(2)44-47-45(33-16-5-4-6-17-33)49-46(48-44)51-42-26-13-9-22-38(42)39-23-10-14-27-43(39)51/h3-30H,2H2,1H3/b29-28-,32-3+. The SMILES string of the molecule is C=C(/C=C\C(=C/C)c1cccc(-n2c3ccccc3c3ccccc32)c1)c1nc(-c2ccccc2)nc(-n2c3ccccc3c3ccccc32)n1. The molecule has 0 radical (unpaired) electrons. The Hall–Kier alpha value is -6.85. The van der Waals surface area contributed by atoms with Gasteiger partial charge in [0, 0.05) is 38.4 Å². The summed E-state index contributed by atoms with van der Waals surface area (Å²) in [6, 6.07) is 52.7. The van der Waals surface area contributed by atoms with Crippen molar-refractivity contribution in [3.05, 3.63) is 188 Å². The van der Waals surface area contributed by atoms with Crippen LogP contribution >= 0.6 is 0 Å². The quantitative estimate of drug-likeness (QED) is 0.161. The van der Waals surface area contributed by atoms with Gasteiger partial charge in [0.2, 0.25) is 5.95 Å². The van der Waals surface area contributed by atoms with E-state index in [4.69, 9.17) is 15.0 Å². The number of rotatable bonds is 7. The first kappa shape index (κ1) is 30.2. The average Bonchev–Trinajstić information content (AvgIpc) is 3.71. The van der Waals surface area contributed by atoms with Crippen LogP contribution < -0.4 is 0 Å². The highest BCUT2D eigenvalue weighted by Gasteiger charge is 2.17. The van der Waals surface area contributed by atoms with Gasteiger partial charge in [-0.1, -0.05) is 140 Å². The highest BCUT2D eigenvalue weighted by Crippen LogP contribution is 2.34. The van der Waals surface area contributed by atoms with Crippen molar-refractivity contribution in [3.8, 4) is 23.0 Å². The van der Waals surface area contributed by atoms with E-state index in [1.807, 2.05) is 36.4 Å². The molecule has 3 heterocycles. The zero-order valence-corrected chi connectivity index (χ0v) is 28.1. The van der Waals surface area contributed by atoms with E-state index >= 15 is 0 Å². The smallest absolute Gasteiger partial charge is 0.238 e. The summed E-state index contributed by atoms with van der Waals surface area (Å²) >= 11 is 0. The Balaban J connectivity index is 1.12. The molecule has 0 aliphatic heterocycles. The van der Waals surface area contributed by atoms with Crippen molar-refractivity contribution < 1.29 is 0 Å². The molecule has 0 saturated heterocycles. The Labute approximate surface area is 295 Å². The van der Waals surface area contributed by atoms with E-state index in [0.29, 0.717) is 23.2 Å². The Morgan fingerprint density at radius 1 is 0.529 bits per heavy atom. The first-order chi connectivity index (χ1) is 25.2. The lowest BCUT2D eigenvalue weighted by Gasteiger charge is -2.11. The van der Waals surface area contributed by atoms with Crippen LogP contribution in [-0.4, -0.2) is 24.1 Å². The second-order valence-corrected chi connectivity index (χ2v) is 12.5. The van der Waals surface area contributed by atoms with Gasteiger partial charge in [-0.25, -0.2) is 4.98 Å². The van der Waals surface area contributed by atoms with Gasteiger partial charge in [0.05, 0.1) is 22.1 Å². The number of fused-ring (bicyclic) bond motifs is 6. The molecule has 0 spiro atoms. The van der Waals surface area contributed by atoms with Crippen molar-refractivity contribution in [2.24, 2.45) is 0 Å². The van der Waals surface area contributed by atoms with E-state index in [1.165, 1.54) is 21.8 Å². The molecule has 9 aromatic rings. The fraction of sp³-hybridized carbons (Fsp3) is 0.0217. The monoisotopic (exact) mass is 655 g/mol. The fourth-order valence-corrected chi connectivity index (χ4v) is 7.11. The minimum Gasteiger partial charge on any atom is -0.309 e. The third kappa shape index (κ3) is 5.23. The molecule has 0 saturated carbocycles. The maximum Gasteiger partial charge on any atom is 0.238 e. The molecule has 5 heteroatoms. The van der Waals surface area contributed by atoms with E-state index in [0.717, 1.165) is 44.2 Å². The van der Waals surface area contributed by atoms with Gasteiger partial charge in [-0.05, 0) is 54.5 Å². The van der Waals surface area contributed by atoms with Crippen LogP contribution in [0.2, 0.25) is 0 Å². The summed E-state index contributed by atoms with van der Waals surface area (Å²) in [5.41, 5.74) is 9.33. The second-order valence-electron chi connectivity index (χ2n) is 12.5. The molecular formula is C46H33N5. The number of nitrogens with zero attached hydrogens (tertiary/aromatic N) is 5. The summed E-state index contributed by atoms with van der Waals surface area (Å²) in [4.78, 5) is 15.0. The van der Waals surface area contributed by atoms with E-state index < -0.39 is 0 Å². The summed E-state index contributed by atoms with van der Waals surface area (Å²) in [7, 11) is 0. The van der Waals surface area contributed by atoms with Gasteiger partial charge in [-0.3, -0.25) is 4.57 Å². The molecule has 51 heavy (non-hydrogen) atoms. The lowest BCUT2D eigenvalue weighted by molar-refractivity contribution is 0.933. The lowest BCUT2D eigenvalue weighted by Crippen LogP contribution is -2.07. The number of hydrogen-bond donors (Lipinski definition) is 0. The van der Waals surface area contributed by atoms with Crippen molar-refractivity contribution in [2.45, 2.75) is 6.92 Å². The minimum absolute atomic E-state index is 0.520. The third-order valence-electron chi connectivity index (χ3n) is 9.52. The molecule has 9 rings (SSSR count). The van der Waals surface area contributed by atoms with Crippen LogP contribution in [0.25, 0.3) is 77.8 Å². The van der Waals surface area contributed by atoms with Gasteiger partial charge in [0.1, 0.15) is 0 Å². The Morgan fingerprint density at radius 2 is 1.06 bits per heavy atom. The molecule has 0 aliphatic carbocycles. The van der Waals surface area contributed by atoms with Crippen LogP contribution in [-0.2, 0) is 0 Å². The van der Waals surface area contributed by atoms with E-state index in [-0.39, 0.29) is 0 Å². The molecule has 0 N–H and O–H groups in total. The molecule has 0 bridgehead atoms. The first-order valence-electron chi connectivity index (χ1n) is 17.1. The average molecular weight is 656 g/mol. The summed E-state index contributed by atoms with van der Waals surface area (Å²) in [5.74, 6) is 1.67. The second kappa shape index (κ2) is 12.6.